The number of imide groups is 1. The minimum Gasteiger partial charge on any atom is -0.302 e. The van der Waals surface area contributed by atoms with Crippen LogP contribution in [0.15, 0.2) is 59.9 Å². The molecule has 0 aliphatic carbocycles. The van der Waals surface area contributed by atoms with E-state index < -0.39 is 0 Å². The number of allylic oxidation sites excluding steroid dienone is 2. The van der Waals surface area contributed by atoms with Gasteiger partial charge in [0.25, 0.3) is 11.1 Å². The molecule has 3 heterocycles. The molecule has 2 aromatic rings. The van der Waals surface area contributed by atoms with Gasteiger partial charge in [-0.25, -0.2) is 0 Å². The van der Waals surface area contributed by atoms with Crippen LogP contribution in [0, 0.1) is 0 Å². The Morgan fingerprint density at radius 1 is 1.17 bits per heavy atom. The maximum Gasteiger partial charge on any atom is 0.290 e. The van der Waals surface area contributed by atoms with Gasteiger partial charge in [-0.15, -0.1) is 0 Å². The smallest absolute Gasteiger partial charge is 0.290 e. The van der Waals surface area contributed by atoms with Crippen molar-refractivity contribution in [1.82, 2.24) is 15.7 Å². The van der Waals surface area contributed by atoms with Crippen LogP contribution in [-0.2, 0) is 4.79 Å². The number of carbonyl (C=O) groups is 2. The maximum atomic E-state index is 11.7. The van der Waals surface area contributed by atoms with E-state index in [1.807, 2.05) is 53.8 Å². The van der Waals surface area contributed by atoms with E-state index in [0.717, 1.165) is 33.9 Å². The Bertz CT molecular complexity index is 949. The number of anilines is 1. The first-order chi connectivity index (χ1) is 11.7. The van der Waals surface area contributed by atoms with Crippen molar-refractivity contribution < 1.29 is 9.59 Å². The zero-order chi connectivity index (χ0) is 16.5. The molecule has 0 bridgehead atoms. The Morgan fingerprint density at radius 2 is 2.08 bits per heavy atom. The first kappa shape index (κ1) is 14.5. The second kappa shape index (κ2) is 5.86. The zero-order valence-corrected chi connectivity index (χ0v) is 13.2. The fraction of sp³-hybridized carbons (Fsp3) is 0. The van der Waals surface area contributed by atoms with Crippen molar-refractivity contribution >= 4 is 45.6 Å². The van der Waals surface area contributed by atoms with Gasteiger partial charge < -0.3 is 5.43 Å². The van der Waals surface area contributed by atoms with Crippen LogP contribution < -0.4 is 15.8 Å². The molecule has 7 heteroatoms. The third-order valence-electron chi connectivity index (χ3n) is 3.60. The van der Waals surface area contributed by atoms with E-state index in [-0.39, 0.29) is 11.1 Å². The minimum absolute atomic E-state index is 0.344. The molecule has 24 heavy (non-hydrogen) atoms. The molecule has 1 saturated heterocycles. The van der Waals surface area contributed by atoms with Crippen LogP contribution in [0.25, 0.3) is 17.0 Å². The Labute approximate surface area is 141 Å². The van der Waals surface area contributed by atoms with Crippen LogP contribution >= 0.6 is 11.8 Å². The number of nitrogens with zero attached hydrogens (tertiary/aromatic N) is 2. The fourth-order valence-electron chi connectivity index (χ4n) is 2.53. The monoisotopic (exact) mass is 336 g/mol. The molecule has 2 amide bonds. The van der Waals surface area contributed by atoms with E-state index in [2.05, 4.69) is 15.7 Å². The highest BCUT2D eigenvalue weighted by atomic mass is 32.2. The summed E-state index contributed by atoms with van der Waals surface area (Å²) >= 11 is 0.909. The van der Waals surface area contributed by atoms with Gasteiger partial charge in [0.05, 0.1) is 16.1 Å². The number of hydrogen-bond donors (Lipinski definition) is 2. The van der Waals surface area contributed by atoms with Crippen LogP contribution in [0.1, 0.15) is 5.56 Å². The van der Waals surface area contributed by atoms with Gasteiger partial charge >= 0.3 is 0 Å². The summed E-state index contributed by atoms with van der Waals surface area (Å²) < 4.78 is 0. The Balaban J connectivity index is 1.78. The fourth-order valence-corrected chi connectivity index (χ4v) is 3.21. The lowest BCUT2D eigenvalue weighted by atomic mass is 10.1. The van der Waals surface area contributed by atoms with Crippen LogP contribution in [0.5, 0.6) is 0 Å². The summed E-state index contributed by atoms with van der Waals surface area (Å²) in [5.41, 5.74) is 5.77. The molecule has 0 unspecified atom stereocenters. The standard InChI is InChI=1S/C17H12N4O2S/c22-16-15(24-17(23)20-16)10-11-3-4-13-12(9-11)14(5-7-18-13)21-8-2-1-6-19-21/h1-10,19H,(H,20,22,23)/b15-10-. The first-order valence-electron chi connectivity index (χ1n) is 7.23. The second-order valence-electron chi connectivity index (χ2n) is 5.16. The Morgan fingerprint density at radius 3 is 2.83 bits per heavy atom. The molecule has 1 aromatic carbocycles. The highest BCUT2D eigenvalue weighted by molar-refractivity contribution is 8.18. The van der Waals surface area contributed by atoms with Crippen molar-refractivity contribution in [1.29, 1.82) is 0 Å². The molecule has 6 nitrogen and oxygen atoms in total. The Hall–Kier alpha value is -3.06. The number of pyridine rings is 1. The van der Waals surface area contributed by atoms with Gasteiger partial charge in [-0.3, -0.25) is 24.9 Å². The number of hydrogen-bond acceptors (Lipinski definition) is 6. The van der Waals surface area contributed by atoms with E-state index in [1.165, 1.54) is 0 Å². The first-order valence-corrected chi connectivity index (χ1v) is 8.05. The molecular weight excluding hydrogens is 324 g/mol. The van der Waals surface area contributed by atoms with Gasteiger partial charge in [0, 0.05) is 24.0 Å². The van der Waals surface area contributed by atoms with Crippen molar-refractivity contribution in [3.8, 4) is 0 Å². The summed E-state index contributed by atoms with van der Waals surface area (Å²) in [5, 5.41) is 4.74. The average Bonchev–Trinajstić information content (AvgIpc) is 2.92. The van der Waals surface area contributed by atoms with Gasteiger partial charge in [-0.1, -0.05) is 6.07 Å². The topological polar surface area (TPSA) is 74.3 Å². The van der Waals surface area contributed by atoms with Gasteiger partial charge in [-0.2, -0.15) is 0 Å². The van der Waals surface area contributed by atoms with E-state index in [9.17, 15) is 9.59 Å². The normalized spacial score (nSPS) is 18.3. The molecule has 4 rings (SSSR count). The summed E-state index contributed by atoms with van der Waals surface area (Å²) in [6, 6.07) is 7.64. The van der Waals surface area contributed by atoms with Gasteiger partial charge in [0.2, 0.25) is 0 Å². The number of hydrazine groups is 1. The number of thioether (sulfide) groups is 1. The van der Waals surface area contributed by atoms with Crippen LogP contribution in [0.2, 0.25) is 0 Å². The molecule has 0 radical (unpaired) electrons. The zero-order valence-electron chi connectivity index (χ0n) is 12.4. The molecule has 118 valence electrons. The lowest BCUT2D eigenvalue weighted by Crippen LogP contribution is -2.30. The second-order valence-corrected chi connectivity index (χ2v) is 6.17. The quantitative estimate of drug-likeness (QED) is 0.822. The third-order valence-corrected chi connectivity index (χ3v) is 4.41. The summed E-state index contributed by atoms with van der Waals surface area (Å²) in [6.07, 6.45) is 11.0. The molecular formula is C17H12N4O2S. The van der Waals surface area contributed by atoms with Gasteiger partial charge in [0.15, 0.2) is 0 Å². The van der Waals surface area contributed by atoms with E-state index in [0.29, 0.717) is 4.91 Å². The molecule has 0 saturated carbocycles. The van der Waals surface area contributed by atoms with Crippen molar-refractivity contribution in [3.05, 3.63) is 65.5 Å². The average molecular weight is 336 g/mol. The van der Waals surface area contributed by atoms with Gasteiger partial charge in [0.1, 0.15) is 0 Å². The molecule has 1 fully saturated rings. The van der Waals surface area contributed by atoms with Gasteiger partial charge in [-0.05, 0) is 53.8 Å². The van der Waals surface area contributed by atoms with Crippen LogP contribution in [-0.4, -0.2) is 16.1 Å². The third kappa shape index (κ3) is 2.65. The lowest BCUT2D eigenvalue weighted by Gasteiger charge is -2.23. The predicted molar refractivity (Wildman–Crippen MR) is 94.7 cm³/mol. The predicted octanol–water partition coefficient (Wildman–Crippen LogP) is 2.91. The minimum atomic E-state index is -0.359. The Kier molecular flexibility index (Phi) is 3.55. The number of rotatable bonds is 2. The lowest BCUT2D eigenvalue weighted by molar-refractivity contribution is -0.115. The number of amides is 2. The van der Waals surface area contributed by atoms with Crippen LogP contribution in [0.4, 0.5) is 10.5 Å². The number of benzene rings is 1. The molecule has 1 aromatic heterocycles. The van der Waals surface area contributed by atoms with E-state index in [1.54, 1.807) is 12.3 Å². The molecule has 0 atom stereocenters. The summed E-state index contributed by atoms with van der Waals surface area (Å²) in [7, 11) is 0. The van der Waals surface area contributed by atoms with Crippen molar-refractivity contribution in [3.63, 3.8) is 0 Å². The summed E-state index contributed by atoms with van der Waals surface area (Å²) in [5.74, 6) is -0.359. The van der Waals surface area contributed by atoms with Crippen molar-refractivity contribution in [2.75, 3.05) is 5.01 Å². The number of aromatic nitrogens is 1. The number of fused-ring (bicyclic) bond motifs is 1. The summed E-state index contributed by atoms with van der Waals surface area (Å²) in [6.45, 7) is 0. The highest BCUT2D eigenvalue weighted by Gasteiger charge is 2.25. The molecule has 0 spiro atoms. The highest BCUT2D eigenvalue weighted by Crippen LogP contribution is 2.29. The number of nitrogens with one attached hydrogen (secondary N) is 2. The van der Waals surface area contributed by atoms with E-state index >= 15 is 0 Å². The maximum absolute atomic E-state index is 11.7. The molecule has 2 aliphatic rings. The van der Waals surface area contributed by atoms with Crippen molar-refractivity contribution in [2.45, 2.75) is 0 Å². The molecule has 2 aliphatic heterocycles. The van der Waals surface area contributed by atoms with E-state index in [4.69, 9.17) is 0 Å². The summed E-state index contributed by atoms with van der Waals surface area (Å²) in [4.78, 5) is 27.7. The number of carbonyl (C=O) groups excluding carboxylic acids is 2. The largest absolute Gasteiger partial charge is 0.302 e. The SMILES string of the molecule is O=C1NC(=O)/C(=C/c2ccc3nccc(N4C=CC=CN4)c3c2)S1. The van der Waals surface area contributed by atoms with Crippen molar-refractivity contribution in [2.24, 2.45) is 0 Å². The van der Waals surface area contributed by atoms with Crippen LogP contribution in [0.3, 0.4) is 0 Å². The molecule has 2 N–H and O–H groups in total.